The van der Waals surface area contributed by atoms with Crippen molar-refractivity contribution in [3.63, 3.8) is 0 Å². The molecule has 15 heavy (non-hydrogen) atoms. The Bertz CT molecular complexity index is 311. The molecule has 82 valence electrons. The Kier molecular flexibility index (Phi) is 5.45. The Morgan fingerprint density at radius 2 is 2.00 bits per heavy atom. The van der Waals surface area contributed by atoms with Gasteiger partial charge in [0, 0.05) is 4.43 Å². The first-order valence-corrected chi connectivity index (χ1v) is 6.31. The molecule has 0 saturated heterocycles. The number of hydrogen-bond donors (Lipinski definition) is 1. The average Bonchev–Trinajstić information content (AvgIpc) is 2.20. The minimum absolute atomic E-state index is 0.286. The van der Waals surface area contributed by atoms with Gasteiger partial charge in [-0.1, -0.05) is 34.7 Å². The second-order valence-electron chi connectivity index (χ2n) is 3.18. The molecule has 2 N–H and O–H groups in total. The van der Waals surface area contributed by atoms with E-state index in [2.05, 4.69) is 22.6 Å². The number of ether oxygens (including phenoxy) is 1. The largest absolute Gasteiger partial charge is 0.494 e. The van der Waals surface area contributed by atoms with Crippen LogP contribution in [0.4, 0.5) is 0 Å². The molecule has 0 aliphatic carbocycles. The molecule has 0 radical (unpaired) electrons. The fraction of sp³-hybridized carbons (Fsp3) is 0.364. The van der Waals surface area contributed by atoms with Crippen LogP contribution >= 0.6 is 22.6 Å². The SMILES string of the molecule is NC(=O)Cc1ccc(OCCCI)cc1. The van der Waals surface area contributed by atoms with Crippen molar-refractivity contribution < 1.29 is 9.53 Å². The summed E-state index contributed by atoms with van der Waals surface area (Å²) in [5.41, 5.74) is 6.01. The molecule has 0 unspecified atom stereocenters. The van der Waals surface area contributed by atoms with E-state index in [1.165, 1.54) is 0 Å². The summed E-state index contributed by atoms with van der Waals surface area (Å²) >= 11 is 2.32. The number of rotatable bonds is 6. The zero-order valence-corrected chi connectivity index (χ0v) is 10.6. The van der Waals surface area contributed by atoms with E-state index in [0.717, 1.165) is 28.8 Å². The van der Waals surface area contributed by atoms with Gasteiger partial charge < -0.3 is 10.5 Å². The maximum Gasteiger partial charge on any atom is 0.221 e. The molecule has 0 saturated carbocycles. The van der Waals surface area contributed by atoms with Gasteiger partial charge in [-0.25, -0.2) is 0 Å². The van der Waals surface area contributed by atoms with Gasteiger partial charge in [0.1, 0.15) is 5.75 Å². The summed E-state index contributed by atoms with van der Waals surface area (Å²) in [5.74, 6) is 0.529. The maximum absolute atomic E-state index is 10.7. The first kappa shape index (κ1) is 12.3. The maximum atomic E-state index is 10.7. The topological polar surface area (TPSA) is 52.3 Å². The van der Waals surface area contributed by atoms with Crippen LogP contribution in [0.25, 0.3) is 0 Å². The van der Waals surface area contributed by atoms with Crippen molar-refractivity contribution in [1.82, 2.24) is 0 Å². The van der Waals surface area contributed by atoms with E-state index in [1.807, 2.05) is 24.3 Å². The Morgan fingerprint density at radius 3 is 2.53 bits per heavy atom. The van der Waals surface area contributed by atoms with Crippen LogP contribution in [0.1, 0.15) is 12.0 Å². The quantitative estimate of drug-likeness (QED) is 0.495. The van der Waals surface area contributed by atoms with Crippen LogP contribution in [0.3, 0.4) is 0 Å². The summed E-state index contributed by atoms with van der Waals surface area (Å²) in [4.78, 5) is 10.7. The third kappa shape index (κ3) is 5.01. The number of hydrogen-bond acceptors (Lipinski definition) is 2. The molecule has 0 fully saturated rings. The van der Waals surface area contributed by atoms with Crippen molar-refractivity contribution in [3.8, 4) is 5.75 Å². The van der Waals surface area contributed by atoms with Crippen LogP contribution in [-0.2, 0) is 11.2 Å². The van der Waals surface area contributed by atoms with Gasteiger partial charge in [-0.05, 0) is 24.1 Å². The lowest BCUT2D eigenvalue weighted by molar-refractivity contribution is -0.117. The molecule has 0 aromatic heterocycles. The lowest BCUT2D eigenvalue weighted by Gasteiger charge is -2.05. The summed E-state index contributed by atoms with van der Waals surface area (Å²) in [6.45, 7) is 0.734. The molecule has 1 aromatic rings. The summed E-state index contributed by atoms with van der Waals surface area (Å²) in [7, 11) is 0. The zero-order valence-electron chi connectivity index (χ0n) is 8.41. The number of halogens is 1. The predicted octanol–water partition coefficient (Wildman–Crippen LogP) is 1.92. The Morgan fingerprint density at radius 1 is 1.33 bits per heavy atom. The van der Waals surface area contributed by atoms with E-state index in [9.17, 15) is 4.79 Å². The van der Waals surface area contributed by atoms with Crippen molar-refractivity contribution in [2.75, 3.05) is 11.0 Å². The smallest absolute Gasteiger partial charge is 0.221 e. The lowest BCUT2D eigenvalue weighted by Crippen LogP contribution is -2.13. The second kappa shape index (κ2) is 6.66. The summed E-state index contributed by atoms with van der Waals surface area (Å²) in [6, 6.07) is 7.46. The van der Waals surface area contributed by atoms with Gasteiger partial charge >= 0.3 is 0 Å². The van der Waals surface area contributed by atoms with Crippen LogP contribution in [0, 0.1) is 0 Å². The Balaban J connectivity index is 2.45. The van der Waals surface area contributed by atoms with Crippen LogP contribution in [-0.4, -0.2) is 16.9 Å². The molecule has 0 aliphatic heterocycles. The summed E-state index contributed by atoms with van der Waals surface area (Å²) < 4.78 is 6.58. The third-order valence-electron chi connectivity index (χ3n) is 1.85. The Labute approximate surface area is 103 Å². The van der Waals surface area contributed by atoms with Crippen molar-refractivity contribution in [2.24, 2.45) is 5.73 Å². The van der Waals surface area contributed by atoms with Crippen molar-refractivity contribution in [2.45, 2.75) is 12.8 Å². The molecule has 4 heteroatoms. The molecule has 1 rings (SSSR count). The molecule has 0 heterocycles. The second-order valence-corrected chi connectivity index (χ2v) is 4.26. The van der Waals surface area contributed by atoms with E-state index in [1.54, 1.807) is 0 Å². The fourth-order valence-corrected chi connectivity index (χ4v) is 1.46. The number of primary amides is 1. The zero-order chi connectivity index (χ0) is 11.1. The molecule has 1 aromatic carbocycles. The van der Waals surface area contributed by atoms with Gasteiger partial charge in [0.05, 0.1) is 13.0 Å². The highest BCUT2D eigenvalue weighted by Gasteiger charge is 1.98. The van der Waals surface area contributed by atoms with E-state index >= 15 is 0 Å². The summed E-state index contributed by atoms with van der Waals surface area (Å²) in [5, 5.41) is 0. The first-order valence-electron chi connectivity index (χ1n) is 4.78. The van der Waals surface area contributed by atoms with Gasteiger partial charge in [0.2, 0.25) is 5.91 Å². The monoisotopic (exact) mass is 319 g/mol. The van der Waals surface area contributed by atoms with Crippen LogP contribution in [0.15, 0.2) is 24.3 Å². The lowest BCUT2D eigenvalue weighted by atomic mass is 10.1. The number of carbonyl (C=O) groups excluding carboxylic acids is 1. The highest BCUT2D eigenvalue weighted by molar-refractivity contribution is 14.1. The Hall–Kier alpha value is -0.780. The van der Waals surface area contributed by atoms with Gasteiger partial charge in [-0.2, -0.15) is 0 Å². The minimum Gasteiger partial charge on any atom is -0.494 e. The number of amides is 1. The number of carbonyl (C=O) groups is 1. The third-order valence-corrected chi connectivity index (χ3v) is 2.61. The first-order chi connectivity index (χ1) is 7.22. The van der Waals surface area contributed by atoms with Gasteiger partial charge in [0.25, 0.3) is 0 Å². The van der Waals surface area contributed by atoms with Crippen LogP contribution in [0.2, 0.25) is 0 Å². The number of alkyl halides is 1. The highest BCUT2D eigenvalue weighted by atomic mass is 127. The normalized spacial score (nSPS) is 9.93. The predicted molar refractivity (Wildman–Crippen MR) is 68.3 cm³/mol. The number of benzene rings is 1. The molecule has 0 spiro atoms. The van der Waals surface area contributed by atoms with E-state index in [4.69, 9.17) is 10.5 Å². The molecular formula is C11H14INO2. The van der Waals surface area contributed by atoms with Gasteiger partial charge in [-0.15, -0.1) is 0 Å². The van der Waals surface area contributed by atoms with E-state index < -0.39 is 0 Å². The molecule has 3 nitrogen and oxygen atoms in total. The van der Waals surface area contributed by atoms with Crippen molar-refractivity contribution in [3.05, 3.63) is 29.8 Å². The van der Waals surface area contributed by atoms with Gasteiger partial charge in [-0.3, -0.25) is 4.79 Å². The average molecular weight is 319 g/mol. The minimum atomic E-state index is -0.311. The summed E-state index contributed by atoms with van der Waals surface area (Å²) in [6.07, 6.45) is 1.33. The molecule has 0 aliphatic rings. The highest BCUT2D eigenvalue weighted by Crippen LogP contribution is 2.12. The standard InChI is InChI=1S/C11H14INO2/c12-6-1-7-15-10-4-2-9(3-5-10)8-11(13)14/h2-5H,1,6-8H2,(H2,13,14). The molecule has 1 amide bonds. The molecule has 0 bridgehead atoms. The van der Waals surface area contributed by atoms with Gasteiger partial charge in [0.15, 0.2) is 0 Å². The molecular weight excluding hydrogens is 305 g/mol. The number of nitrogens with two attached hydrogens (primary N) is 1. The van der Waals surface area contributed by atoms with Crippen LogP contribution < -0.4 is 10.5 Å². The van der Waals surface area contributed by atoms with Crippen LogP contribution in [0.5, 0.6) is 5.75 Å². The van der Waals surface area contributed by atoms with E-state index in [-0.39, 0.29) is 12.3 Å². The fourth-order valence-electron chi connectivity index (χ4n) is 1.15. The van der Waals surface area contributed by atoms with Crippen molar-refractivity contribution >= 4 is 28.5 Å². The van der Waals surface area contributed by atoms with Crippen molar-refractivity contribution in [1.29, 1.82) is 0 Å². The molecule has 0 atom stereocenters. The van der Waals surface area contributed by atoms with E-state index in [0.29, 0.717) is 0 Å².